The van der Waals surface area contributed by atoms with Gasteiger partial charge in [-0.25, -0.2) is 0 Å². The van der Waals surface area contributed by atoms with E-state index in [-0.39, 0.29) is 18.2 Å². The first-order valence-electron chi connectivity index (χ1n) is 8.49. The minimum atomic E-state index is -0.402. The van der Waals surface area contributed by atoms with E-state index in [1.165, 1.54) is 0 Å². The predicted molar refractivity (Wildman–Crippen MR) is 105 cm³/mol. The smallest absolute Gasteiger partial charge is 0.291 e. The number of hydrogen-bond donors (Lipinski definition) is 2. The maximum absolute atomic E-state index is 12.4. The highest BCUT2D eigenvalue weighted by molar-refractivity contribution is 6.30. The van der Waals surface area contributed by atoms with Crippen molar-refractivity contribution in [3.8, 4) is 5.75 Å². The van der Waals surface area contributed by atoms with Crippen LogP contribution in [0.25, 0.3) is 6.08 Å². The summed E-state index contributed by atoms with van der Waals surface area (Å²) in [5.74, 6) is 0.563. The highest BCUT2D eigenvalue weighted by atomic mass is 35.5. The lowest BCUT2D eigenvalue weighted by Gasteiger charge is -2.20. The fraction of sp³-hybridized carbons (Fsp3) is 0.0476. The fourth-order valence-electron chi connectivity index (χ4n) is 2.73. The van der Waals surface area contributed by atoms with E-state index in [2.05, 4.69) is 10.6 Å². The quantitative estimate of drug-likeness (QED) is 0.649. The van der Waals surface area contributed by atoms with Gasteiger partial charge in [-0.1, -0.05) is 23.7 Å². The molecule has 140 valence electrons. The van der Waals surface area contributed by atoms with Crippen LogP contribution in [0.3, 0.4) is 0 Å². The van der Waals surface area contributed by atoms with Gasteiger partial charge in [0.25, 0.3) is 11.8 Å². The Labute approximate surface area is 165 Å². The first kappa shape index (κ1) is 17.9. The summed E-state index contributed by atoms with van der Waals surface area (Å²) in [7, 11) is 0. The lowest BCUT2D eigenvalue weighted by atomic mass is 10.1. The Morgan fingerprint density at radius 2 is 2.04 bits per heavy atom. The van der Waals surface area contributed by atoms with E-state index in [0.717, 1.165) is 5.56 Å². The van der Waals surface area contributed by atoms with Crippen molar-refractivity contribution >= 4 is 35.2 Å². The molecule has 0 unspecified atom stereocenters. The van der Waals surface area contributed by atoms with Crippen LogP contribution in [0.1, 0.15) is 21.7 Å². The third-order valence-electron chi connectivity index (χ3n) is 4.08. The molecule has 0 saturated carbocycles. The van der Waals surface area contributed by atoms with Gasteiger partial charge >= 0.3 is 0 Å². The highest BCUT2D eigenvalue weighted by Gasteiger charge is 2.23. The summed E-state index contributed by atoms with van der Waals surface area (Å²) >= 11 is 5.97. The Bertz CT molecular complexity index is 1070. The minimum Gasteiger partial charge on any atom is -0.467 e. The minimum absolute atomic E-state index is 0.143. The van der Waals surface area contributed by atoms with Crippen LogP contribution >= 0.6 is 11.6 Å². The number of hydrogen-bond acceptors (Lipinski definition) is 4. The van der Waals surface area contributed by atoms with E-state index < -0.39 is 5.91 Å². The molecule has 0 fully saturated rings. The zero-order valence-electron chi connectivity index (χ0n) is 14.6. The van der Waals surface area contributed by atoms with Gasteiger partial charge in [0, 0.05) is 10.6 Å². The largest absolute Gasteiger partial charge is 0.467 e. The molecule has 6 nitrogen and oxygen atoms in total. The standard InChI is InChI=1S/C21H15ClN2O4/c22-15-4-1-3-13(9-15)10-19-21(26)24-17-11-14(6-7-18(17)28-19)20(25)23-12-16-5-2-8-27-16/h1-11H,12H2,(H,23,25)(H,24,26). The van der Waals surface area contributed by atoms with Crippen molar-refractivity contribution in [1.82, 2.24) is 5.32 Å². The van der Waals surface area contributed by atoms with E-state index >= 15 is 0 Å². The van der Waals surface area contributed by atoms with Crippen molar-refractivity contribution in [3.05, 3.63) is 88.5 Å². The number of fused-ring (bicyclic) bond motifs is 1. The first-order valence-corrected chi connectivity index (χ1v) is 8.87. The Hall–Kier alpha value is -3.51. The average molecular weight is 395 g/mol. The summed E-state index contributed by atoms with van der Waals surface area (Å²) in [6.45, 7) is 0.276. The molecule has 1 aliphatic rings. The van der Waals surface area contributed by atoms with Crippen molar-refractivity contribution in [2.24, 2.45) is 0 Å². The van der Waals surface area contributed by atoms with Gasteiger partial charge in [-0.05, 0) is 54.1 Å². The van der Waals surface area contributed by atoms with Crippen molar-refractivity contribution in [2.75, 3.05) is 5.32 Å². The van der Waals surface area contributed by atoms with E-state index in [1.54, 1.807) is 60.9 Å². The number of ether oxygens (including phenoxy) is 1. The number of amides is 2. The zero-order valence-corrected chi connectivity index (χ0v) is 15.3. The second-order valence-electron chi connectivity index (χ2n) is 6.09. The number of halogens is 1. The Kier molecular flexibility index (Phi) is 4.87. The Morgan fingerprint density at radius 3 is 2.82 bits per heavy atom. The lowest BCUT2D eigenvalue weighted by molar-refractivity contribution is -0.115. The number of furan rings is 1. The fourth-order valence-corrected chi connectivity index (χ4v) is 2.93. The number of nitrogens with one attached hydrogen (secondary N) is 2. The Balaban J connectivity index is 1.51. The molecule has 7 heteroatoms. The van der Waals surface area contributed by atoms with Crippen LogP contribution in [-0.4, -0.2) is 11.8 Å². The Morgan fingerprint density at radius 1 is 1.14 bits per heavy atom. The van der Waals surface area contributed by atoms with Crippen LogP contribution in [-0.2, 0) is 11.3 Å². The van der Waals surface area contributed by atoms with Crippen molar-refractivity contribution in [2.45, 2.75) is 6.54 Å². The lowest BCUT2D eigenvalue weighted by Crippen LogP contribution is -2.25. The van der Waals surface area contributed by atoms with Crippen molar-refractivity contribution < 1.29 is 18.7 Å². The zero-order chi connectivity index (χ0) is 19.5. The van der Waals surface area contributed by atoms with Gasteiger partial charge in [0.2, 0.25) is 0 Å². The van der Waals surface area contributed by atoms with E-state index in [0.29, 0.717) is 27.8 Å². The summed E-state index contributed by atoms with van der Waals surface area (Å²) < 4.78 is 10.9. The average Bonchev–Trinajstić information content (AvgIpc) is 3.20. The predicted octanol–water partition coefficient (Wildman–Crippen LogP) is 4.24. The molecule has 0 radical (unpaired) electrons. The third kappa shape index (κ3) is 3.92. The van der Waals surface area contributed by atoms with Crippen molar-refractivity contribution in [3.63, 3.8) is 0 Å². The summed E-state index contributed by atoms with van der Waals surface area (Å²) in [6.07, 6.45) is 3.15. The molecule has 28 heavy (non-hydrogen) atoms. The van der Waals surface area contributed by atoms with Crippen LogP contribution in [0.4, 0.5) is 5.69 Å². The molecule has 2 N–H and O–H groups in total. The van der Waals surface area contributed by atoms with Gasteiger partial charge < -0.3 is 19.8 Å². The normalized spacial score (nSPS) is 14.2. The first-order chi connectivity index (χ1) is 13.6. The summed E-state index contributed by atoms with van der Waals surface area (Å²) in [4.78, 5) is 24.7. The SMILES string of the molecule is O=C1Nc2cc(C(=O)NCc3ccco3)ccc2OC1=Cc1cccc(Cl)c1. The molecule has 1 aromatic heterocycles. The second-order valence-corrected chi connectivity index (χ2v) is 6.53. The van der Waals surface area contributed by atoms with Gasteiger partial charge in [0.15, 0.2) is 11.5 Å². The van der Waals surface area contributed by atoms with Crippen LogP contribution < -0.4 is 15.4 Å². The summed E-state index contributed by atoms with van der Waals surface area (Å²) in [6, 6.07) is 15.4. The van der Waals surface area contributed by atoms with Gasteiger partial charge in [-0.15, -0.1) is 0 Å². The molecule has 2 aromatic carbocycles. The van der Waals surface area contributed by atoms with Gasteiger partial charge in [-0.3, -0.25) is 9.59 Å². The number of carbonyl (C=O) groups is 2. The number of rotatable bonds is 4. The molecule has 0 aliphatic carbocycles. The monoisotopic (exact) mass is 394 g/mol. The summed E-state index contributed by atoms with van der Waals surface area (Å²) in [5, 5.41) is 6.07. The molecule has 3 aromatic rings. The maximum Gasteiger partial charge on any atom is 0.291 e. The molecule has 0 saturated heterocycles. The molecule has 2 heterocycles. The molecule has 0 atom stereocenters. The van der Waals surface area contributed by atoms with E-state index in [1.807, 2.05) is 6.07 Å². The highest BCUT2D eigenvalue weighted by Crippen LogP contribution is 2.32. The van der Waals surface area contributed by atoms with Crippen LogP contribution in [0.2, 0.25) is 5.02 Å². The number of carbonyl (C=O) groups excluding carboxylic acids is 2. The number of anilines is 1. The van der Waals surface area contributed by atoms with Crippen LogP contribution in [0.15, 0.2) is 71.0 Å². The molecule has 0 spiro atoms. The van der Waals surface area contributed by atoms with Gasteiger partial charge in [0.1, 0.15) is 5.76 Å². The third-order valence-corrected chi connectivity index (χ3v) is 4.32. The summed E-state index contributed by atoms with van der Waals surface area (Å²) in [5.41, 5.74) is 1.57. The van der Waals surface area contributed by atoms with E-state index in [4.69, 9.17) is 20.8 Å². The molecular weight excluding hydrogens is 380 g/mol. The second kappa shape index (κ2) is 7.62. The molecule has 0 bridgehead atoms. The van der Waals surface area contributed by atoms with Crippen molar-refractivity contribution in [1.29, 1.82) is 0 Å². The molecule has 1 aliphatic heterocycles. The van der Waals surface area contributed by atoms with Crippen LogP contribution in [0.5, 0.6) is 5.75 Å². The number of benzene rings is 2. The molecule has 2 amide bonds. The van der Waals surface area contributed by atoms with E-state index in [9.17, 15) is 9.59 Å². The molecule has 4 rings (SSSR count). The molecular formula is C21H15ClN2O4. The van der Waals surface area contributed by atoms with Gasteiger partial charge in [-0.2, -0.15) is 0 Å². The van der Waals surface area contributed by atoms with Gasteiger partial charge in [0.05, 0.1) is 18.5 Å². The maximum atomic E-state index is 12.4. The van der Waals surface area contributed by atoms with Crippen LogP contribution in [0, 0.1) is 0 Å². The topological polar surface area (TPSA) is 80.6 Å².